The number of halogens is 1. The van der Waals surface area contributed by atoms with Crippen LogP contribution in [0.5, 0.6) is 0 Å². The van der Waals surface area contributed by atoms with Crippen LogP contribution in [-0.4, -0.2) is 47.2 Å². The normalized spacial score (nSPS) is 14.5. The smallest absolute Gasteiger partial charge is 0.253 e. The summed E-state index contributed by atoms with van der Waals surface area (Å²) in [6, 6.07) is 9.31. The number of hydrogen-bond acceptors (Lipinski definition) is 5. The van der Waals surface area contributed by atoms with Gasteiger partial charge in [-0.2, -0.15) is 10.4 Å². The molecular weight excluding hydrogens is 374 g/mol. The quantitative estimate of drug-likeness (QED) is 0.789. The van der Waals surface area contributed by atoms with Crippen LogP contribution in [0.2, 0.25) is 5.02 Å². The number of amides is 1. The minimum Gasteiger partial charge on any atom is -0.352 e. The largest absolute Gasteiger partial charge is 0.352 e. The zero-order chi connectivity index (χ0) is 20.1. The predicted molar refractivity (Wildman–Crippen MR) is 110 cm³/mol. The average Bonchev–Trinajstić information content (AvgIpc) is 2.98. The number of benzene rings is 1. The van der Waals surface area contributed by atoms with Crippen molar-refractivity contribution in [1.29, 1.82) is 5.26 Å². The Morgan fingerprint density at radius 1 is 1.11 bits per heavy atom. The lowest BCUT2D eigenvalue weighted by Crippen LogP contribution is -2.35. The van der Waals surface area contributed by atoms with E-state index in [1.165, 1.54) is 0 Å². The molecule has 1 aliphatic rings. The molecule has 2 aromatic rings. The molecule has 0 saturated carbocycles. The summed E-state index contributed by atoms with van der Waals surface area (Å²) in [5, 5.41) is 19.1. The van der Waals surface area contributed by atoms with Crippen LogP contribution >= 0.6 is 11.6 Å². The van der Waals surface area contributed by atoms with Crippen LogP contribution in [0.25, 0.3) is 0 Å². The summed E-state index contributed by atoms with van der Waals surface area (Å²) in [5.74, 6) is 0.637. The van der Waals surface area contributed by atoms with Crippen LogP contribution < -0.4 is 4.90 Å². The maximum absolute atomic E-state index is 12.8. The van der Waals surface area contributed by atoms with Crippen molar-refractivity contribution in [3.8, 4) is 6.07 Å². The van der Waals surface area contributed by atoms with Gasteiger partial charge in [0.2, 0.25) is 0 Å². The highest BCUT2D eigenvalue weighted by Gasteiger charge is 2.24. The molecule has 0 radical (unpaired) electrons. The van der Waals surface area contributed by atoms with Gasteiger partial charge in [-0.15, -0.1) is 5.10 Å². The summed E-state index contributed by atoms with van der Waals surface area (Å²) < 4.78 is 0. The molecule has 1 aromatic carbocycles. The molecule has 1 aliphatic heterocycles. The first kappa shape index (κ1) is 20.1. The molecule has 7 heteroatoms. The Hall–Kier alpha value is -2.65. The SMILES string of the molecule is CCc1nnc(N2CCCN(C(=O)c3ccc(Cl)cc3)CC2)c(C#N)c1CC. The van der Waals surface area contributed by atoms with Crippen LogP contribution in [0.3, 0.4) is 0 Å². The minimum atomic E-state index is 0.000635. The number of carbonyl (C=O) groups is 1. The third-order valence-corrected chi connectivity index (χ3v) is 5.37. The fourth-order valence-electron chi connectivity index (χ4n) is 3.61. The van der Waals surface area contributed by atoms with Gasteiger partial charge in [0.25, 0.3) is 5.91 Å². The second-order valence-corrected chi connectivity index (χ2v) is 7.22. The summed E-state index contributed by atoms with van der Waals surface area (Å²) in [6.45, 7) is 6.66. The first-order valence-corrected chi connectivity index (χ1v) is 10.0. The van der Waals surface area contributed by atoms with Gasteiger partial charge in [0.05, 0.1) is 5.69 Å². The first-order chi connectivity index (χ1) is 13.6. The molecule has 0 bridgehead atoms. The summed E-state index contributed by atoms with van der Waals surface area (Å²) in [4.78, 5) is 16.7. The van der Waals surface area contributed by atoms with E-state index in [9.17, 15) is 10.1 Å². The summed E-state index contributed by atoms with van der Waals surface area (Å²) in [5.41, 5.74) is 3.12. The molecule has 0 aliphatic carbocycles. The van der Waals surface area contributed by atoms with Gasteiger partial charge in [-0.25, -0.2) is 0 Å². The minimum absolute atomic E-state index is 0.000635. The molecule has 3 rings (SSSR count). The van der Waals surface area contributed by atoms with Crippen molar-refractivity contribution in [1.82, 2.24) is 15.1 Å². The Morgan fingerprint density at radius 2 is 1.86 bits per heavy atom. The Bertz CT molecular complexity index is 891. The van der Waals surface area contributed by atoms with E-state index in [-0.39, 0.29) is 5.91 Å². The van der Waals surface area contributed by atoms with E-state index in [1.54, 1.807) is 24.3 Å². The number of hydrogen-bond donors (Lipinski definition) is 0. The summed E-state index contributed by atoms with van der Waals surface area (Å²) in [6.07, 6.45) is 2.32. The van der Waals surface area contributed by atoms with Gasteiger partial charge in [0.1, 0.15) is 11.6 Å². The van der Waals surface area contributed by atoms with Gasteiger partial charge in [-0.1, -0.05) is 25.4 Å². The van der Waals surface area contributed by atoms with Crippen molar-refractivity contribution in [3.05, 3.63) is 51.7 Å². The standard InChI is InChI=1S/C21H24ClN5O/c1-3-17-18(14-23)20(25-24-19(17)4-2)26-10-5-11-27(13-12-26)21(28)15-6-8-16(22)9-7-15/h6-9H,3-5,10-13H2,1-2H3. The second kappa shape index (κ2) is 9.03. The van der Waals surface area contributed by atoms with Crippen molar-refractivity contribution in [3.63, 3.8) is 0 Å². The van der Waals surface area contributed by atoms with Gasteiger partial charge in [0, 0.05) is 36.8 Å². The van der Waals surface area contributed by atoms with Gasteiger partial charge < -0.3 is 9.80 Å². The highest BCUT2D eigenvalue weighted by Crippen LogP contribution is 2.24. The summed E-state index contributed by atoms with van der Waals surface area (Å²) in [7, 11) is 0. The Labute approximate surface area is 170 Å². The van der Waals surface area contributed by atoms with Gasteiger partial charge in [0.15, 0.2) is 5.82 Å². The lowest BCUT2D eigenvalue weighted by molar-refractivity contribution is 0.0767. The number of anilines is 1. The lowest BCUT2D eigenvalue weighted by Gasteiger charge is -2.24. The molecular formula is C21H24ClN5O. The van der Waals surface area contributed by atoms with Crippen LogP contribution in [0.15, 0.2) is 24.3 Å². The molecule has 0 spiro atoms. The Balaban J connectivity index is 1.80. The fourth-order valence-corrected chi connectivity index (χ4v) is 3.73. The van der Waals surface area contributed by atoms with Crippen molar-refractivity contribution in [2.24, 2.45) is 0 Å². The lowest BCUT2D eigenvalue weighted by atomic mass is 10.0. The second-order valence-electron chi connectivity index (χ2n) is 6.78. The van der Waals surface area contributed by atoms with Crippen molar-refractivity contribution in [2.45, 2.75) is 33.1 Å². The number of nitrogens with zero attached hydrogens (tertiary/aromatic N) is 5. The van der Waals surface area contributed by atoms with Crippen molar-refractivity contribution in [2.75, 3.05) is 31.1 Å². The van der Waals surface area contributed by atoms with E-state index in [0.717, 1.165) is 37.1 Å². The predicted octanol–water partition coefficient (Wildman–Crippen LogP) is 3.48. The maximum atomic E-state index is 12.8. The number of rotatable bonds is 4. The molecule has 1 aromatic heterocycles. The van der Waals surface area contributed by atoms with Crippen LogP contribution in [0.1, 0.15) is 47.4 Å². The zero-order valence-electron chi connectivity index (χ0n) is 16.3. The molecule has 2 heterocycles. The van der Waals surface area contributed by atoms with E-state index in [2.05, 4.69) is 21.2 Å². The van der Waals surface area contributed by atoms with Gasteiger partial charge >= 0.3 is 0 Å². The third kappa shape index (κ3) is 4.10. The van der Waals surface area contributed by atoms with Crippen molar-refractivity contribution < 1.29 is 4.79 Å². The van der Waals surface area contributed by atoms with Crippen molar-refractivity contribution >= 4 is 23.3 Å². The topological polar surface area (TPSA) is 73.1 Å². The van der Waals surface area contributed by atoms with Crippen LogP contribution in [-0.2, 0) is 12.8 Å². The molecule has 6 nitrogen and oxygen atoms in total. The van der Waals surface area contributed by atoms with Gasteiger partial charge in [-0.3, -0.25) is 4.79 Å². The zero-order valence-corrected chi connectivity index (χ0v) is 17.0. The first-order valence-electron chi connectivity index (χ1n) is 9.67. The highest BCUT2D eigenvalue weighted by atomic mass is 35.5. The number of aromatic nitrogens is 2. The van der Waals surface area contributed by atoms with E-state index in [0.29, 0.717) is 41.6 Å². The van der Waals surface area contributed by atoms with E-state index < -0.39 is 0 Å². The Morgan fingerprint density at radius 3 is 2.50 bits per heavy atom. The van der Waals surface area contributed by atoms with Crippen LogP contribution in [0.4, 0.5) is 5.82 Å². The molecule has 0 N–H and O–H groups in total. The number of nitriles is 1. The van der Waals surface area contributed by atoms with E-state index in [1.807, 2.05) is 18.7 Å². The fraction of sp³-hybridized carbons (Fsp3) is 0.429. The van der Waals surface area contributed by atoms with E-state index in [4.69, 9.17) is 11.6 Å². The number of aryl methyl sites for hydroxylation is 1. The molecule has 1 saturated heterocycles. The van der Waals surface area contributed by atoms with E-state index >= 15 is 0 Å². The molecule has 0 atom stereocenters. The number of carbonyl (C=O) groups excluding carboxylic acids is 1. The molecule has 1 fully saturated rings. The Kier molecular flexibility index (Phi) is 6.48. The molecule has 28 heavy (non-hydrogen) atoms. The molecule has 146 valence electrons. The summed E-state index contributed by atoms with van der Waals surface area (Å²) >= 11 is 5.92. The van der Waals surface area contributed by atoms with Gasteiger partial charge in [-0.05, 0) is 49.1 Å². The molecule has 1 amide bonds. The van der Waals surface area contributed by atoms with Crippen LogP contribution in [0, 0.1) is 11.3 Å². The molecule has 0 unspecified atom stereocenters. The third-order valence-electron chi connectivity index (χ3n) is 5.11. The monoisotopic (exact) mass is 397 g/mol. The average molecular weight is 398 g/mol. The maximum Gasteiger partial charge on any atom is 0.253 e. The highest BCUT2D eigenvalue weighted by molar-refractivity contribution is 6.30.